The van der Waals surface area contributed by atoms with Crippen LogP contribution in [0.25, 0.3) is 0 Å². The van der Waals surface area contributed by atoms with Crippen LogP contribution >= 0.6 is 0 Å². The fraction of sp³-hybridized carbons (Fsp3) is 0.429. The molecule has 0 bridgehead atoms. The highest BCUT2D eigenvalue weighted by molar-refractivity contribution is 5.92. The number of aryl methyl sites for hydroxylation is 1. The first kappa shape index (κ1) is 12.8. The Morgan fingerprint density at radius 3 is 3.05 bits per heavy atom. The molecule has 2 aromatic rings. The van der Waals surface area contributed by atoms with Crippen LogP contribution in [-0.2, 0) is 13.0 Å². The van der Waals surface area contributed by atoms with Crippen molar-refractivity contribution >= 4 is 5.91 Å². The van der Waals surface area contributed by atoms with Crippen molar-refractivity contribution in [3.8, 4) is 0 Å². The maximum absolute atomic E-state index is 12.0. The van der Waals surface area contributed by atoms with Crippen molar-refractivity contribution in [2.45, 2.75) is 38.6 Å². The predicted octanol–water partition coefficient (Wildman–Crippen LogP) is 1.83. The summed E-state index contributed by atoms with van der Waals surface area (Å²) in [5, 5.41) is 10.6. The van der Waals surface area contributed by atoms with Gasteiger partial charge in [-0.05, 0) is 37.0 Å². The Morgan fingerprint density at radius 1 is 1.45 bits per heavy atom. The van der Waals surface area contributed by atoms with E-state index < -0.39 is 0 Å². The molecule has 1 aliphatic carbocycles. The summed E-state index contributed by atoms with van der Waals surface area (Å²) in [5.41, 5.74) is 1.49. The van der Waals surface area contributed by atoms with Gasteiger partial charge >= 0.3 is 0 Å². The monoisotopic (exact) mass is 272 g/mol. The van der Waals surface area contributed by atoms with Gasteiger partial charge in [0.1, 0.15) is 5.69 Å². The van der Waals surface area contributed by atoms with Crippen LogP contribution < -0.4 is 5.32 Å². The first-order valence-electron chi connectivity index (χ1n) is 6.81. The highest BCUT2D eigenvalue weighted by Gasteiger charge is 2.29. The van der Waals surface area contributed by atoms with E-state index >= 15 is 0 Å². The fourth-order valence-corrected chi connectivity index (χ4v) is 1.90. The zero-order valence-corrected chi connectivity index (χ0v) is 11.3. The predicted molar refractivity (Wildman–Crippen MR) is 71.1 cm³/mol. The standard InChI is InChI=1S/C14H16N4O2/c1-2-9-5-6-15-11(7-9)13(19)16-8-12-17-18-14(20-12)10-3-4-10/h5-7,10H,2-4,8H2,1H3,(H,16,19). The average Bonchev–Trinajstić information content (AvgIpc) is 3.24. The molecular formula is C14H16N4O2. The SMILES string of the molecule is CCc1ccnc(C(=O)NCc2nnc(C3CC3)o2)c1. The molecule has 0 saturated heterocycles. The highest BCUT2D eigenvalue weighted by Crippen LogP contribution is 2.38. The number of nitrogens with one attached hydrogen (secondary N) is 1. The number of rotatable bonds is 5. The summed E-state index contributed by atoms with van der Waals surface area (Å²) in [6, 6.07) is 3.69. The maximum atomic E-state index is 12.0. The average molecular weight is 272 g/mol. The van der Waals surface area contributed by atoms with Gasteiger partial charge in [0.25, 0.3) is 5.91 Å². The summed E-state index contributed by atoms with van der Waals surface area (Å²) in [6.45, 7) is 2.27. The van der Waals surface area contributed by atoms with Crippen molar-refractivity contribution in [1.29, 1.82) is 0 Å². The quantitative estimate of drug-likeness (QED) is 0.898. The first-order chi connectivity index (χ1) is 9.76. The summed E-state index contributed by atoms with van der Waals surface area (Å²) < 4.78 is 5.48. The van der Waals surface area contributed by atoms with Crippen LogP contribution in [0.4, 0.5) is 0 Å². The van der Waals surface area contributed by atoms with Crippen molar-refractivity contribution in [1.82, 2.24) is 20.5 Å². The van der Waals surface area contributed by atoms with Gasteiger partial charge in [0, 0.05) is 12.1 Å². The Hall–Kier alpha value is -2.24. The lowest BCUT2D eigenvalue weighted by molar-refractivity contribution is 0.0942. The van der Waals surface area contributed by atoms with Crippen molar-refractivity contribution in [2.24, 2.45) is 0 Å². The molecule has 20 heavy (non-hydrogen) atoms. The van der Waals surface area contributed by atoms with E-state index in [0.29, 0.717) is 23.4 Å². The number of carbonyl (C=O) groups excluding carboxylic acids is 1. The van der Waals surface area contributed by atoms with E-state index in [1.165, 1.54) is 0 Å². The van der Waals surface area contributed by atoms with Crippen molar-refractivity contribution < 1.29 is 9.21 Å². The van der Waals surface area contributed by atoms with Gasteiger partial charge in [0.15, 0.2) is 0 Å². The zero-order valence-electron chi connectivity index (χ0n) is 11.3. The van der Waals surface area contributed by atoms with Gasteiger partial charge < -0.3 is 9.73 Å². The largest absolute Gasteiger partial charge is 0.423 e. The summed E-state index contributed by atoms with van der Waals surface area (Å²) >= 11 is 0. The van der Waals surface area contributed by atoms with Crippen molar-refractivity contribution in [3.05, 3.63) is 41.4 Å². The molecule has 1 aliphatic rings. The Kier molecular flexibility index (Phi) is 3.45. The minimum atomic E-state index is -0.230. The van der Waals surface area contributed by atoms with Gasteiger partial charge in [0.05, 0.1) is 6.54 Å². The van der Waals surface area contributed by atoms with Crippen molar-refractivity contribution in [2.75, 3.05) is 0 Å². The first-order valence-corrected chi connectivity index (χ1v) is 6.81. The second-order valence-electron chi connectivity index (χ2n) is 4.89. The van der Waals surface area contributed by atoms with Crippen LogP contribution in [0.3, 0.4) is 0 Å². The molecule has 6 nitrogen and oxygen atoms in total. The maximum Gasteiger partial charge on any atom is 0.270 e. The summed E-state index contributed by atoms with van der Waals surface area (Å²) in [5.74, 6) is 1.31. The molecule has 0 aromatic carbocycles. The molecule has 1 fully saturated rings. The lowest BCUT2D eigenvalue weighted by Crippen LogP contribution is -2.24. The van der Waals surface area contributed by atoms with Gasteiger partial charge in [0.2, 0.25) is 11.8 Å². The van der Waals surface area contributed by atoms with E-state index in [1.807, 2.05) is 13.0 Å². The van der Waals surface area contributed by atoms with E-state index in [9.17, 15) is 4.79 Å². The number of carbonyl (C=O) groups is 1. The van der Waals surface area contributed by atoms with E-state index in [-0.39, 0.29) is 12.5 Å². The van der Waals surface area contributed by atoms with Gasteiger partial charge in [-0.3, -0.25) is 9.78 Å². The second-order valence-corrected chi connectivity index (χ2v) is 4.89. The van der Waals surface area contributed by atoms with Crippen LogP contribution in [0.2, 0.25) is 0 Å². The molecule has 1 saturated carbocycles. The Bertz CT molecular complexity index is 619. The number of pyridine rings is 1. The molecule has 6 heteroatoms. The number of aromatic nitrogens is 3. The van der Waals surface area contributed by atoms with Crippen LogP contribution in [-0.4, -0.2) is 21.1 Å². The lowest BCUT2D eigenvalue weighted by atomic mass is 10.2. The van der Waals surface area contributed by atoms with E-state index in [1.54, 1.807) is 12.3 Å². The molecule has 0 aliphatic heterocycles. The van der Waals surface area contributed by atoms with Crippen LogP contribution in [0, 0.1) is 0 Å². The van der Waals surface area contributed by atoms with Gasteiger partial charge in [-0.15, -0.1) is 10.2 Å². The van der Waals surface area contributed by atoms with E-state index in [0.717, 1.165) is 24.8 Å². The summed E-state index contributed by atoms with van der Waals surface area (Å²) in [7, 11) is 0. The van der Waals surface area contributed by atoms with Crippen molar-refractivity contribution in [3.63, 3.8) is 0 Å². The van der Waals surface area contributed by atoms with Gasteiger partial charge in [-0.25, -0.2) is 0 Å². The molecule has 2 aromatic heterocycles. The molecule has 0 unspecified atom stereocenters. The topological polar surface area (TPSA) is 80.9 Å². The van der Waals surface area contributed by atoms with Crippen LogP contribution in [0.1, 0.15) is 53.5 Å². The van der Waals surface area contributed by atoms with Crippen LogP contribution in [0.5, 0.6) is 0 Å². The number of amides is 1. The minimum Gasteiger partial charge on any atom is -0.423 e. The number of nitrogens with zero attached hydrogens (tertiary/aromatic N) is 3. The summed E-state index contributed by atoms with van der Waals surface area (Å²) in [6.07, 6.45) is 4.74. The van der Waals surface area contributed by atoms with E-state index in [2.05, 4.69) is 20.5 Å². The zero-order chi connectivity index (χ0) is 13.9. The third-order valence-electron chi connectivity index (χ3n) is 3.27. The van der Waals surface area contributed by atoms with Crippen LogP contribution in [0.15, 0.2) is 22.7 Å². The summed E-state index contributed by atoms with van der Waals surface area (Å²) in [4.78, 5) is 16.0. The third-order valence-corrected chi connectivity index (χ3v) is 3.27. The minimum absolute atomic E-state index is 0.230. The fourth-order valence-electron chi connectivity index (χ4n) is 1.90. The molecule has 0 radical (unpaired) electrons. The van der Waals surface area contributed by atoms with E-state index in [4.69, 9.17) is 4.42 Å². The molecule has 1 N–H and O–H groups in total. The Morgan fingerprint density at radius 2 is 2.30 bits per heavy atom. The Labute approximate surface area is 116 Å². The molecule has 0 atom stereocenters. The molecular weight excluding hydrogens is 256 g/mol. The number of hydrogen-bond acceptors (Lipinski definition) is 5. The smallest absolute Gasteiger partial charge is 0.270 e. The second kappa shape index (κ2) is 5.40. The van der Waals surface area contributed by atoms with Gasteiger partial charge in [-0.1, -0.05) is 6.92 Å². The molecule has 0 spiro atoms. The third kappa shape index (κ3) is 2.84. The molecule has 104 valence electrons. The molecule has 3 rings (SSSR count). The highest BCUT2D eigenvalue weighted by atomic mass is 16.4. The normalized spacial score (nSPS) is 14.2. The Balaban J connectivity index is 1.60. The molecule has 2 heterocycles. The lowest BCUT2D eigenvalue weighted by Gasteiger charge is -2.03. The number of hydrogen-bond donors (Lipinski definition) is 1. The molecule has 1 amide bonds. The van der Waals surface area contributed by atoms with Gasteiger partial charge in [-0.2, -0.15) is 0 Å².